The lowest BCUT2D eigenvalue weighted by atomic mass is 10.6. The number of aromatic nitrogens is 2. The highest BCUT2D eigenvalue weighted by Crippen LogP contribution is 2.28. The molecular weight excluding hydrogens is 384 g/mol. The van der Waals surface area contributed by atoms with Gasteiger partial charge >= 0.3 is 0 Å². The van der Waals surface area contributed by atoms with Crippen molar-refractivity contribution >= 4 is 43.6 Å². The van der Waals surface area contributed by atoms with Gasteiger partial charge in [0.15, 0.2) is 0 Å². The number of rotatable bonds is 8. The number of hydrogen-bond acceptors (Lipinski definition) is 4. The molecule has 1 heterocycles. The molecule has 0 saturated heterocycles. The van der Waals surface area contributed by atoms with Crippen molar-refractivity contribution in [3.8, 4) is 6.01 Å². The summed E-state index contributed by atoms with van der Waals surface area (Å²) in [4.78, 5) is 4.25. The van der Waals surface area contributed by atoms with Crippen LogP contribution in [0.5, 0.6) is 6.01 Å². The molecule has 0 atom stereocenters. The summed E-state index contributed by atoms with van der Waals surface area (Å²) >= 11 is 8.70. The Morgan fingerprint density at radius 1 is 1.39 bits per heavy atom. The molecule has 0 aliphatic carbocycles. The average molecular weight is 402 g/mol. The Bertz CT molecular complexity index is 372. The normalized spacial score (nSPS) is 11.2. The predicted molar refractivity (Wildman–Crippen MR) is 82.3 cm³/mol. The van der Waals surface area contributed by atoms with Crippen LogP contribution in [0.25, 0.3) is 0 Å². The molecule has 0 aliphatic rings. The SMILES string of the molecule is CCOc1nc(Br)c(Br)n1COCCSC(C)C. The van der Waals surface area contributed by atoms with Gasteiger partial charge in [-0.1, -0.05) is 13.8 Å². The highest BCUT2D eigenvalue weighted by Gasteiger charge is 2.14. The highest BCUT2D eigenvalue weighted by molar-refractivity contribution is 9.13. The van der Waals surface area contributed by atoms with Crippen molar-refractivity contribution in [1.82, 2.24) is 9.55 Å². The van der Waals surface area contributed by atoms with Crippen LogP contribution in [0.2, 0.25) is 0 Å². The van der Waals surface area contributed by atoms with Crippen molar-refractivity contribution in [1.29, 1.82) is 0 Å². The number of hydrogen-bond donors (Lipinski definition) is 0. The van der Waals surface area contributed by atoms with Gasteiger partial charge in [-0.2, -0.15) is 16.7 Å². The monoisotopic (exact) mass is 400 g/mol. The van der Waals surface area contributed by atoms with Gasteiger partial charge in [0.05, 0.1) is 13.2 Å². The molecule has 0 amide bonds. The second kappa shape index (κ2) is 8.45. The fourth-order valence-electron chi connectivity index (χ4n) is 1.24. The topological polar surface area (TPSA) is 36.3 Å². The molecule has 7 heteroatoms. The molecular formula is C11H18Br2N2O2S. The summed E-state index contributed by atoms with van der Waals surface area (Å²) < 4.78 is 14.5. The highest BCUT2D eigenvalue weighted by atomic mass is 79.9. The van der Waals surface area contributed by atoms with Crippen molar-refractivity contribution in [2.24, 2.45) is 0 Å². The molecule has 104 valence electrons. The van der Waals surface area contributed by atoms with Crippen molar-refractivity contribution in [2.75, 3.05) is 19.0 Å². The molecule has 0 aliphatic heterocycles. The molecule has 18 heavy (non-hydrogen) atoms. The van der Waals surface area contributed by atoms with Crippen LogP contribution < -0.4 is 4.74 Å². The van der Waals surface area contributed by atoms with E-state index in [0.717, 1.165) is 21.6 Å². The van der Waals surface area contributed by atoms with Crippen LogP contribution >= 0.6 is 43.6 Å². The van der Waals surface area contributed by atoms with E-state index >= 15 is 0 Å². The van der Waals surface area contributed by atoms with E-state index < -0.39 is 0 Å². The lowest BCUT2D eigenvalue weighted by Crippen LogP contribution is -2.09. The van der Waals surface area contributed by atoms with E-state index in [1.165, 1.54) is 0 Å². The second-order valence-corrected chi connectivity index (χ2v) is 6.98. The van der Waals surface area contributed by atoms with Gasteiger partial charge in [0.1, 0.15) is 15.9 Å². The van der Waals surface area contributed by atoms with E-state index in [-0.39, 0.29) is 0 Å². The molecule has 1 aromatic rings. The van der Waals surface area contributed by atoms with Gasteiger partial charge in [0.2, 0.25) is 0 Å². The molecule has 0 unspecified atom stereocenters. The number of nitrogens with zero attached hydrogens (tertiary/aromatic N) is 2. The van der Waals surface area contributed by atoms with Crippen molar-refractivity contribution in [3.05, 3.63) is 9.21 Å². The maximum atomic E-state index is 5.62. The zero-order valence-corrected chi connectivity index (χ0v) is 14.8. The van der Waals surface area contributed by atoms with Crippen LogP contribution in [-0.2, 0) is 11.5 Å². The Balaban J connectivity index is 2.45. The molecule has 1 rings (SSSR count). The molecule has 0 saturated carbocycles. The summed E-state index contributed by atoms with van der Waals surface area (Å²) in [6.07, 6.45) is 0. The Labute approximate surface area is 129 Å². The number of thioether (sulfide) groups is 1. The van der Waals surface area contributed by atoms with Gasteiger partial charge in [-0.15, -0.1) is 0 Å². The average Bonchev–Trinajstić information content (AvgIpc) is 2.56. The van der Waals surface area contributed by atoms with Gasteiger partial charge in [0, 0.05) is 5.75 Å². The fraction of sp³-hybridized carbons (Fsp3) is 0.727. The molecule has 0 N–H and O–H groups in total. The first-order valence-corrected chi connectivity index (χ1v) is 8.43. The van der Waals surface area contributed by atoms with E-state index in [4.69, 9.17) is 9.47 Å². The number of halogens is 2. The maximum Gasteiger partial charge on any atom is 0.300 e. The van der Waals surface area contributed by atoms with E-state index in [1.54, 1.807) is 0 Å². The van der Waals surface area contributed by atoms with E-state index in [9.17, 15) is 0 Å². The lowest BCUT2D eigenvalue weighted by molar-refractivity contribution is 0.0802. The van der Waals surface area contributed by atoms with Crippen molar-refractivity contribution < 1.29 is 9.47 Å². The zero-order valence-electron chi connectivity index (χ0n) is 10.8. The first kappa shape index (κ1) is 16.3. The minimum absolute atomic E-state index is 0.438. The summed E-state index contributed by atoms with van der Waals surface area (Å²) in [5.41, 5.74) is 0. The van der Waals surface area contributed by atoms with E-state index in [0.29, 0.717) is 24.6 Å². The summed E-state index contributed by atoms with van der Waals surface area (Å²) in [6.45, 7) is 8.03. The summed E-state index contributed by atoms with van der Waals surface area (Å²) in [5.74, 6) is 0.995. The molecule has 0 radical (unpaired) electrons. The van der Waals surface area contributed by atoms with Crippen LogP contribution in [0, 0.1) is 0 Å². The van der Waals surface area contributed by atoms with Crippen LogP contribution in [0.4, 0.5) is 0 Å². The molecule has 0 bridgehead atoms. The van der Waals surface area contributed by atoms with Crippen LogP contribution in [0.15, 0.2) is 9.21 Å². The van der Waals surface area contributed by atoms with Crippen LogP contribution in [0.3, 0.4) is 0 Å². The summed E-state index contributed by atoms with van der Waals surface area (Å²) in [7, 11) is 0. The minimum atomic E-state index is 0.438. The third-order valence-corrected chi connectivity index (χ3v) is 4.96. The lowest BCUT2D eigenvalue weighted by Gasteiger charge is -2.10. The van der Waals surface area contributed by atoms with Gasteiger partial charge in [-0.25, -0.2) is 0 Å². The number of imidazole rings is 1. The first-order valence-electron chi connectivity index (χ1n) is 5.79. The predicted octanol–water partition coefficient (Wildman–Crippen LogP) is 3.92. The first-order chi connectivity index (χ1) is 8.56. The second-order valence-electron chi connectivity index (χ2n) is 3.79. The zero-order chi connectivity index (χ0) is 13.5. The molecule has 0 aromatic carbocycles. The van der Waals surface area contributed by atoms with E-state index in [1.807, 2.05) is 23.3 Å². The van der Waals surface area contributed by atoms with E-state index in [2.05, 4.69) is 50.7 Å². The smallest absolute Gasteiger partial charge is 0.300 e. The number of ether oxygens (including phenoxy) is 2. The maximum absolute atomic E-state index is 5.62. The Morgan fingerprint density at radius 3 is 2.72 bits per heavy atom. The Hall–Kier alpha value is 0.280. The van der Waals surface area contributed by atoms with Gasteiger partial charge < -0.3 is 9.47 Å². The Morgan fingerprint density at radius 2 is 2.11 bits per heavy atom. The molecule has 0 fully saturated rings. The molecule has 0 spiro atoms. The largest absolute Gasteiger partial charge is 0.465 e. The van der Waals surface area contributed by atoms with Crippen LogP contribution in [0.1, 0.15) is 20.8 Å². The summed E-state index contributed by atoms with van der Waals surface area (Å²) in [6, 6.07) is 0.563. The van der Waals surface area contributed by atoms with Crippen molar-refractivity contribution in [2.45, 2.75) is 32.8 Å². The third-order valence-electron chi connectivity index (χ3n) is 2.00. The fourth-order valence-corrected chi connectivity index (χ4v) is 2.63. The minimum Gasteiger partial charge on any atom is -0.465 e. The van der Waals surface area contributed by atoms with Gasteiger partial charge in [-0.05, 0) is 44.0 Å². The third kappa shape index (κ3) is 5.11. The van der Waals surface area contributed by atoms with Gasteiger partial charge in [0.25, 0.3) is 6.01 Å². The molecule has 4 nitrogen and oxygen atoms in total. The summed E-state index contributed by atoms with van der Waals surface area (Å²) in [5, 5.41) is 0.640. The standard InChI is InChI=1S/C11H18Br2N2O2S/c1-4-17-11-14-9(12)10(13)15(11)7-16-5-6-18-8(2)3/h8H,4-7H2,1-3H3. The Kier molecular flexibility index (Phi) is 7.67. The van der Waals surface area contributed by atoms with Gasteiger partial charge in [-0.3, -0.25) is 4.57 Å². The van der Waals surface area contributed by atoms with Crippen molar-refractivity contribution in [3.63, 3.8) is 0 Å². The molecule has 1 aromatic heterocycles. The van der Waals surface area contributed by atoms with Crippen LogP contribution in [-0.4, -0.2) is 33.8 Å². The quantitative estimate of drug-likeness (QED) is 0.618.